The van der Waals surface area contributed by atoms with E-state index in [-0.39, 0.29) is 95.8 Å². The van der Waals surface area contributed by atoms with Crippen LogP contribution in [0.2, 0.25) is 0 Å². The zero-order valence-electron chi connectivity index (χ0n) is 62.5. The molecule has 2 rings (SSSR count). The Balaban J connectivity index is 2.39. The molecule has 1 aromatic carbocycles. The van der Waals surface area contributed by atoms with E-state index in [1.54, 1.807) is 51.1 Å². The highest BCUT2D eigenvalue weighted by Crippen LogP contribution is 2.22. The molecule has 1 aliphatic heterocycles. The lowest BCUT2D eigenvalue weighted by atomic mass is 9.96. The number of nitrogens with one attached hydrogen (secondary N) is 11. The molecule has 12 amide bonds. The summed E-state index contributed by atoms with van der Waals surface area (Å²) in [6.07, 6.45) is 4.03. The molecule has 1 saturated heterocycles. The molecular formula is C70H124N20O15. The number of aliphatic imine (C=N–C) groups is 1. The van der Waals surface area contributed by atoms with Gasteiger partial charge < -0.3 is 114 Å². The van der Waals surface area contributed by atoms with Gasteiger partial charge in [-0.3, -0.25) is 62.5 Å². The first-order chi connectivity index (χ1) is 49.9. The summed E-state index contributed by atoms with van der Waals surface area (Å²) in [7, 11) is 0. The number of guanidine groups is 1. The highest BCUT2D eigenvalue weighted by Gasteiger charge is 2.43. The Bertz CT molecular complexity index is 2940. The molecule has 0 aliphatic carbocycles. The minimum atomic E-state index is -1.72. The lowest BCUT2D eigenvalue weighted by Crippen LogP contribution is -2.62. The van der Waals surface area contributed by atoms with Crippen LogP contribution >= 0.6 is 0 Å². The molecule has 105 heavy (non-hydrogen) atoms. The van der Waals surface area contributed by atoms with Crippen molar-refractivity contribution >= 4 is 82.8 Å². The summed E-state index contributed by atoms with van der Waals surface area (Å²) in [5.41, 5.74) is 40.6. The molecule has 14 atom stereocenters. The fraction of sp³-hybridized carbons (Fsp3) is 0.714. The van der Waals surface area contributed by atoms with Crippen LogP contribution in [0.1, 0.15) is 176 Å². The number of aliphatic hydroxyl groups is 1. The van der Waals surface area contributed by atoms with Crippen LogP contribution in [0, 0.1) is 17.8 Å². The van der Waals surface area contributed by atoms with E-state index >= 15 is 0 Å². The molecule has 1 aliphatic rings. The number of nitrogens with zero attached hydrogens (tertiary/aromatic N) is 2. The molecule has 27 N–H and O–H groups in total. The first-order valence-corrected chi connectivity index (χ1v) is 37.0. The Morgan fingerprint density at radius 2 is 0.933 bits per heavy atom. The molecular weight excluding hydrogens is 1360 g/mol. The van der Waals surface area contributed by atoms with Gasteiger partial charge in [0.25, 0.3) is 0 Å². The molecule has 594 valence electrons. The number of hydrogen-bond acceptors (Lipinski definition) is 20. The van der Waals surface area contributed by atoms with Crippen LogP contribution in [0.15, 0.2) is 35.3 Å². The average molecular weight is 1490 g/mol. The van der Waals surface area contributed by atoms with Crippen molar-refractivity contribution < 1.29 is 72.5 Å². The average Bonchev–Trinajstić information content (AvgIpc) is 1.80. The van der Waals surface area contributed by atoms with Gasteiger partial charge in [-0.1, -0.05) is 91.1 Å². The maximum atomic E-state index is 14.6. The summed E-state index contributed by atoms with van der Waals surface area (Å²) in [4.78, 5) is 185. The van der Waals surface area contributed by atoms with E-state index in [4.69, 9.17) is 40.1 Å². The van der Waals surface area contributed by atoms with Crippen LogP contribution in [-0.2, 0) is 68.7 Å². The molecule has 0 unspecified atom stereocenters. The van der Waals surface area contributed by atoms with E-state index in [2.05, 4.69) is 63.5 Å². The Labute approximate surface area is 617 Å². The van der Waals surface area contributed by atoms with Gasteiger partial charge in [0.15, 0.2) is 5.96 Å². The van der Waals surface area contributed by atoms with E-state index < -0.39 is 174 Å². The largest absolute Gasteiger partial charge is 0.480 e. The Morgan fingerprint density at radius 3 is 1.43 bits per heavy atom. The first kappa shape index (κ1) is 92.4. The molecule has 1 aromatic rings. The second-order valence-electron chi connectivity index (χ2n) is 27.4. The number of rotatable bonds is 53. The number of aliphatic carboxylic acids is 1. The van der Waals surface area contributed by atoms with Gasteiger partial charge in [-0.15, -0.1) is 0 Å². The van der Waals surface area contributed by atoms with Gasteiger partial charge in [-0.25, -0.2) is 4.79 Å². The molecule has 0 saturated carbocycles. The van der Waals surface area contributed by atoms with Crippen LogP contribution in [-0.4, -0.2) is 223 Å². The second-order valence-corrected chi connectivity index (χ2v) is 27.4. The molecule has 1 fully saturated rings. The van der Waals surface area contributed by atoms with Crippen LogP contribution in [0.4, 0.5) is 0 Å². The zero-order valence-corrected chi connectivity index (χ0v) is 62.5. The number of unbranched alkanes of at least 4 members (excludes halogenated alkanes) is 4. The predicted molar refractivity (Wildman–Crippen MR) is 395 cm³/mol. The fourth-order valence-electron chi connectivity index (χ4n) is 11.6. The Kier molecular flexibility index (Phi) is 44.7. The number of likely N-dealkylation sites (tertiary alicyclic amines) is 1. The van der Waals surface area contributed by atoms with Crippen LogP contribution < -0.4 is 98.6 Å². The number of benzene rings is 1. The van der Waals surface area contributed by atoms with E-state index in [0.29, 0.717) is 89.3 Å². The minimum absolute atomic E-state index is 0.00736. The van der Waals surface area contributed by atoms with Gasteiger partial charge in [-0.05, 0) is 159 Å². The van der Waals surface area contributed by atoms with E-state index in [9.17, 15) is 72.5 Å². The van der Waals surface area contributed by atoms with Crippen molar-refractivity contribution in [3.05, 3.63) is 35.9 Å². The van der Waals surface area contributed by atoms with Gasteiger partial charge in [0.05, 0.1) is 25.2 Å². The third kappa shape index (κ3) is 34.9. The van der Waals surface area contributed by atoms with Crippen molar-refractivity contribution in [2.45, 2.75) is 249 Å². The van der Waals surface area contributed by atoms with E-state index in [0.717, 1.165) is 4.90 Å². The number of carboxylic acid groups (broad SMARTS) is 1. The molecule has 35 heteroatoms. The van der Waals surface area contributed by atoms with Gasteiger partial charge in [0.2, 0.25) is 70.9 Å². The zero-order chi connectivity index (χ0) is 78.7. The van der Waals surface area contributed by atoms with Crippen molar-refractivity contribution in [1.82, 2.24) is 63.4 Å². The second kappa shape index (κ2) is 50.7. The van der Waals surface area contributed by atoms with Crippen molar-refractivity contribution in [2.24, 2.45) is 62.9 Å². The number of hydrogen-bond donors (Lipinski definition) is 20. The van der Waals surface area contributed by atoms with Crippen LogP contribution in [0.5, 0.6) is 0 Å². The lowest BCUT2D eigenvalue weighted by Gasteiger charge is -2.32. The highest BCUT2D eigenvalue weighted by atomic mass is 16.4. The normalized spacial score (nSPS) is 16.4. The highest BCUT2D eigenvalue weighted by molar-refractivity contribution is 5.99. The van der Waals surface area contributed by atoms with Crippen molar-refractivity contribution in [3.8, 4) is 0 Å². The maximum Gasteiger partial charge on any atom is 0.326 e. The summed E-state index contributed by atoms with van der Waals surface area (Å²) in [6.45, 7) is 11.8. The third-order valence-corrected chi connectivity index (χ3v) is 18.2. The monoisotopic (exact) mass is 1480 g/mol. The number of carbonyl (C=O) groups is 13. The predicted octanol–water partition coefficient (Wildman–Crippen LogP) is -3.68. The van der Waals surface area contributed by atoms with Crippen LogP contribution in [0.3, 0.4) is 0 Å². The number of aliphatic hydroxyl groups excluding tert-OH is 1. The molecule has 0 radical (unpaired) electrons. The van der Waals surface area contributed by atoms with E-state index in [1.807, 2.05) is 20.8 Å². The maximum absolute atomic E-state index is 14.6. The molecule has 35 nitrogen and oxygen atoms in total. The van der Waals surface area contributed by atoms with E-state index in [1.165, 1.54) is 6.92 Å². The molecule has 1 heterocycles. The summed E-state index contributed by atoms with van der Waals surface area (Å²) in [5.74, 6) is -12.0. The standard InChI is InChI=1S/C70H124N20O15/c1-8-42(5)56(87-64(99)51(37-41(3)4)85-59(94)46(75)25-13-17-31-71)66(101)83-47(26-14-18-32-72)60(95)79-39-54(92)81-48(29-21-35-78-70(76)77)63(98)89-58(44(7)91)68(103)90-36-22-30-53(90)65(100)88-57(43(6)9-2)67(102)84-49(27-15-19-33-73)62(97)86-52(38-45-23-11-10-12-24-45)61(96)80-40-55(93)82-50(69(104)105)28-16-20-34-74/h10-12,23-24,41-44,46-53,56-58,91H,8-9,13-22,25-40,71-75H2,1-7H3,(H,79,95)(H,80,96)(H,81,92)(H,82,93)(H,83,101)(H,84,102)(H,85,94)(H,86,97)(H,87,99)(H,88,100)(H,89,98)(H,104,105)(H4,76,77,78)/t42-,43-,44+,46-,47-,48-,49-,50-,51-,52-,53-,56-,57-,58-/m0/s1. The summed E-state index contributed by atoms with van der Waals surface area (Å²) in [5, 5.41) is 49.9. The smallest absolute Gasteiger partial charge is 0.326 e. The Hall–Kier alpha value is -8.64. The number of amides is 12. The van der Waals surface area contributed by atoms with Gasteiger partial charge in [0, 0.05) is 19.5 Å². The molecule has 0 aromatic heterocycles. The summed E-state index contributed by atoms with van der Waals surface area (Å²) >= 11 is 0. The number of nitrogens with two attached hydrogens (primary N) is 7. The van der Waals surface area contributed by atoms with Crippen molar-refractivity contribution in [2.75, 3.05) is 52.4 Å². The number of carboxylic acids is 1. The third-order valence-electron chi connectivity index (χ3n) is 18.2. The van der Waals surface area contributed by atoms with Crippen molar-refractivity contribution in [1.29, 1.82) is 0 Å². The van der Waals surface area contributed by atoms with Gasteiger partial charge in [-0.2, -0.15) is 0 Å². The summed E-state index contributed by atoms with van der Waals surface area (Å²) < 4.78 is 0. The van der Waals surface area contributed by atoms with Gasteiger partial charge in [0.1, 0.15) is 60.4 Å². The first-order valence-electron chi connectivity index (χ1n) is 37.0. The topological polar surface area (TPSA) is 592 Å². The summed E-state index contributed by atoms with van der Waals surface area (Å²) in [6, 6.07) is -5.31. The van der Waals surface area contributed by atoms with Gasteiger partial charge >= 0.3 is 5.97 Å². The fourth-order valence-corrected chi connectivity index (χ4v) is 11.6. The molecule has 0 spiro atoms. The Morgan fingerprint density at radius 1 is 0.505 bits per heavy atom. The lowest BCUT2D eigenvalue weighted by molar-refractivity contribution is -0.145. The number of carbonyl (C=O) groups excluding carboxylic acids is 12. The quantitative estimate of drug-likeness (QED) is 0.0170. The van der Waals surface area contributed by atoms with Crippen molar-refractivity contribution in [3.63, 3.8) is 0 Å². The molecule has 0 bridgehead atoms. The SMILES string of the molecule is CC[C@H](C)[C@H](NC(=O)[C@H](CC(C)C)NC(=O)[C@@H](N)CCCCN)C(=O)N[C@@H](CCCCN)C(=O)NCC(=O)N[C@@H](CCCN=C(N)N)C(=O)N[C@H](C(=O)N1CCC[C@H]1C(=O)N[C@H](C(=O)N[C@@H](CCCCN)C(=O)N[C@@H](Cc1ccccc1)C(=O)NCC(=O)N[C@@H](CCCCN)C(=O)O)[C@@H](C)CC)[C@@H](C)O. The minimum Gasteiger partial charge on any atom is -0.480 e. The van der Waals surface area contributed by atoms with Crippen LogP contribution in [0.25, 0.3) is 0 Å².